The van der Waals surface area contributed by atoms with Crippen LogP contribution in [0.4, 0.5) is 5.69 Å². The molecule has 3 heterocycles. The number of rotatable bonds is 4. The van der Waals surface area contributed by atoms with Crippen LogP contribution in [0.3, 0.4) is 0 Å². The highest BCUT2D eigenvalue weighted by atomic mass is 16.7. The first kappa shape index (κ1) is 17.9. The standard InChI is InChI=1S/C23H26N2O3/c26-22-23(27-14-15-28-23)20-8-4-5-9-21(20)25(22)17-24-12-10-19(11-13-24)16-18-6-2-1-3-7-18/h1-9,19H,10-17H2. The Morgan fingerprint density at radius 3 is 2.36 bits per heavy atom. The summed E-state index contributed by atoms with van der Waals surface area (Å²) < 4.78 is 11.6. The number of hydrogen-bond donors (Lipinski definition) is 0. The van der Waals surface area contributed by atoms with Crippen molar-refractivity contribution in [2.75, 3.05) is 37.9 Å². The van der Waals surface area contributed by atoms with Gasteiger partial charge in [-0.1, -0.05) is 48.5 Å². The molecule has 5 heteroatoms. The summed E-state index contributed by atoms with van der Waals surface area (Å²) in [5.74, 6) is -0.590. The molecular weight excluding hydrogens is 352 g/mol. The number of likely N-dealkylation sites (tertiary alicyclic amines) is 1. The Hall–Kier alpha value is -2.21. The second kappa shape index (κ2) is 7.32. The SMILES string of the molecule is O=C1N(CN2CCC(Cc3ccccc3)CC2)c2ccccc2C12OCCO2. The highest BCUT2D eigenvalue weighted by Gasteiger charge is 2.56. The molecule has 0 aromatic heterocycles. The molecule has 3 aliphatic heterocycles. The van der Waals surface area contributed by atoms with Gasteiger partial charge in [0.15, 0.2) is 0 Å². The van der Waals surface area contributed by atoms with Crippen LogP contribution < -0.4 is 4.90 Å². The van der Waals surface area contributed by atoms with E-state index in [9.17, 15) is 4.79 Å². The minimum absolute atomic E-state index is 0.0855. The number of carbonyl (C=O) groups is 1. The van der Waals surface area contributed by atoms with Crippen LogP contribution in [0.2, 0.25) is 0 Å². The molecular formula is C23H26N2O3. The fourth-order valence-corrected chi connectivity index (χ4v) is 4.70. The van der Waals surface area contributed by atoms with Crippen LogP contribution in [-0.2, 0) is 26.5 Å². The number of ether oxygens (including phenoxy) is 2. The molecule has 0 radical (unpaired) electrons. The third kappa shape index (κ3) is 3.04. The van der Waals surface area contributed by atoms with Crippen LogP contribution in [0.25, 0.3) is 0 Å². The molecule has 5 nitrogen and oxygen atoms in total. The van der Waals surface area contributed by atoms with Gasteiger partial charge in [0, 0.05) is 18.7 Å². The number of carbonyl (C=O) groups excluding carboxylic acids is 1. The number of nitrogens with zero attached hydrogens (tertiary/aromatic N) is 2. The molecule has 5 rings (SSSR count). The van der Waals surface area contributed by atoms with E-state index in [0.717, 1.165) is 43.6 Å². The second-order valence-corrected chi connectivity index (χ2v) is 7.96. The Balaban J connectivity index is 1.25. The van der Waals surface area contributed by atoms with Gasteiger partial charge in [0.2, 0.25) is 0 Å². The van der Waals surface area contributed by atoms with Gasteiger partial charge in [0.05, 0.1) is 25.6 Å². The van der Waals surface area contributed by atoms with Crippen molar-refractivity contribution in [2.45, 2.75) is 25.0 Å². The molecule has 0 atom stereocenters. The summed E-state index contributed by atoms with van der Waals surface area (Å²) in [7, 11) is 0. The zero-order valence-corrected chi connectivity index (χ0v) is 16.0. The molecule has 0 saturated carbocycles. The Morgan fingerprint density at radius 2 is 1.61 bits per heavy atom. The lowest BCUT2D eigenvalue weighted by Crippen LogP contribution is -2.48. The van der Waals surface area contributed by atoms with E-state index in [-0.39, 0.29) is 5.91 Å². The smallest absolute Gasteiger partial charge is 0.293 e. The van der Waals surface area contributed by atoms with Crippen molar-refractivity contribution in [1.82, 2.24) is 4.90 Å². The van der Waals surface area contributed by atoms with E-state index in [1.807, 2.05) is 29.2 Å². The van der Waals surface area contributed by atoms with E-state index in [1.165, 1.54) is 5.56 Å². The molecule has 0 N–H and O–H groups in total. The first-order valence-corrected chi connectivity index (χ1v) is 10.2. The molecule has 28 heavy (non-hydrogen) atoms. The summed E-state index contributed by atoms with van der Waals surface area (Å²) >= 11 is 0. The third-order valence-corrected chi connectivity index (χ3v) is 6.19. The first-order valence-electron chi connectivity index (χ1n) is 10.2. The first-order chi connectivity index (χ1) is 13.8. The van der Waals surface area contributed by atoms with Crippen molar-refractivity contribution in [2.24, 2.45) is 5.92 Å². The Labute approximate surface area is 165 Å². The minimum atomic E-state index is -1.22. The van der Waals surface area contributed by atoms with Gasteiger partial charge in [-0.2, -0.15) is 0 Å². The van der Waals surface area contributed by atoms with Crippen LogP contribution in [-0.4, -0.2) is 43.8 Å². The molecule has 2 aromatic rings. The molecule has 2 fully saturated rings. The van der Waals surface area contributed by atoms with E-state index < -0.39 is 5.79 Å². The van der Waals surface area contributed by atoms with Crippen molar-refractivity contribution in [3.8, 4) is 0 Å². The van der Waals surface area contributed by atoms with Crippen LogP contribution in [0.1, 0.15) is 24.0 Å². The van der Waals surface area contributed by atoms with Crippen molar-refractivity contribution in [3.05, 3.63) is 65.7 Å². The molecule has 0 aliphatic carbocycles. The van der Waals surface area contributed by atoms with E-state index in [2.05, 4.69) is 35.2 Å². The molecule has 1 spiro atoms. The lowest BCUT2D eigenvalue weighted by Gasteiger charge is -2.35. The van der Waals surface area contributed by atoms with Crippen molar-refractivity contribution >= 4 is 11.6 Å². The molecule has 3 aliphatic rings. The zero-order valence-electron chi connectivity index (χ0n) is 16.0. The topological polar surface area (TPSA) is 42.0 Å². The van der Waals surface area contributed by atoms with Gasteiger partial charge in [-0.25, -0.2) is 0 Å². The molecule has 0 bridgehead atoms. The summed E-state index contributed by atoms with van der Waals surface area (Å²) in [5.41, 5.74) is 3.18. The number of piperidine rings is 1. The molecule has 0 unspecified atom stereocenters. The largest absolute Gasteiger partial charge is 0.336 e. The summed E-state index contributed by atoms with van der Waals surface area (Å²) in [6.45, 7) is 3.54. The maximum absolute atomic E-state index is 13.2. The highest BCUT2D eigenvalue weighted by Crippen LogP contribution is 2.45. The van der Waals surface area contributed by atoms with Crippen molar-refractivity contribution < 1.29 is 14.3 Å². The molecule has 146 valence electrons. The fraction of sp³-hybridized carbons (Fsp3) is 0.435. The van der Waals surface area contributed by atoms with Crippen molar-refractivity contribution in [1.29, 1.82) is 0 Å². The molecule has 2 saturated heterocycles. The fourth-order valence-electron chi connectivity index (χ4n) is 4.70. The number of para-hydroxylation sites is 1. The van der Waals surface area contributed by atoms with Crippen LogP contribution in [0.5, 0.6) is 0 Å². The number of fused-ring (bicyclic) bond motifs is 2. The van der Waals surface area contributed by atoms with Gasteiger partial charge >= 0.3 is 0 Å². The van der Waals surface area contributed by atoms with Gasteiger partial charge in [0.1, 0.15) is 0 Å². The van der Waals surface area contributed by atoms with Gasteiger partial charge in [-0.3, -0.25) is 14.6 Å². The highest BCUT2D eigenvalue weighted by molar-refractivity contribution is 6.06. The molecule has 1 amide bonds. The van der Waals surface area contributed by atoms with Crippen LogP contribution in [0, 0.1) is 5.92 Å². The van der Waals surface area contributed by atoms with Crippen molar-refractivity contribution in [3.63, 3.8) is 0 Å². The van der Waals surface area contributed by atoms with Gasteiger partial charge in [-0.15, -0.1) is 0 Å². The zero-order chi connectivity index (χ0) is 19.0. The number of benzene rings is 2. The third-order valence-electron chi connectivity index (χ3n) is 6.19. The molecule has 2 aromatic carbocycles. The predicted octanol–water partition coefficient (Wildman–Crippen LogP) is 3.15. The average Bonchev–Trinajstić information content (AvgIpc) is 3.32. The van der Waals surface area contributed by atoms with Gasteiger partial charge < -0.3 is 9.47 Å². The summed E-state index contributed by atoms with van der Waals surface area (Å²) in [6.07, 6.45) is 3.47. The average molecular weight is 378 g/mol. The van der Waals surface area contributed by atoms with Gasteiger partial charge in [-0.05, 0) is 36.8 Å². The van der Waals surface area contributed by atoms with E-state index in [0.29, 0.717) is 25.8 Å². The van der Waals surface area contributed by atoms with E-state index in [4.69, 9.17) is 9.47 Å². The lowest BCUT2D eigenvalue weighted by atomic mass is 9.90. The van der Waals surface area contributed by atoms with Crippen LogP contribution >= 0.6 is 0 Å². The van der Waals surface area contributed by atoms with Crippen LogP contribution in [0.15, 0.2) is 54.6 Å². The number of hydrogen-bond acceptors (Lipinski definition) is 4. The summed E-state index contributed by atoms with van der Waals surface area (Å²) in [6, 6.07) is 18.6. The van der Waals surface area contributed by atoms with E-state index in [1.54, 1.807) is 0 Å². The Kier molecular flexibility index (Phi) is 4.67. The normalized spacial score (nSPS) is 22.1. The number of anilines is 1. The summed E-state index contributed by atoms with van der Waals surface area (Å²) in [5, 5.41) is 0. The minimum Gasteiger partial charge on any atom is -0.336 e. The van der Waals surface area contributed by atoms with E-state index >= 15 is 0 Å². The maximum atomic E-state index is 13.2. The monoisotopic (exact) mass is 378 g/mol. The Morgan fingerprint density at radius 1 is 0.929 bits per heavy atom. The maximum Gasteiger partial charge on any atom is 0.293 e. The predicted molar refractivity (Wildman–Crippen MR) is 107 cm³/mol. The lowest BCUT2D eigenvalue weighted by molar-refractivity contribution is -0.181. The second-order valence-electron chi connectivity index (χ2n) is 7.96. The quantitative estimate of drug-likeness (QED) is 0.820. The van der Waals surface area contributed by atoms with Gasteiger partial charge in [0.25, 0.3) is 11.7 Å². The number of amides is 1. The summed E-state index contributed by atoms with van der Waals surface area (Å²) in [4.78, 5) is 17.4. The Bertz CT molecular complexity index is 840.